The van der Waals surface area contributed by atoms with Crippen molar-refractivity contribution in [3.05, 3.63) is 35.4 Å². The molecule has 0 aliphatic rings. The van der Waals surface area contributed by atoms with Crippen LogP contribution in [0.4, 0.5) is 4.79 Å². The maximum absolute atomic E-state index is 11.6. The van der Waals surface area contributed by atoms with Crippen molar-refractivity contribution >= 4 is 12.4 Å². The van der Waals surface area contributed by atoms with E-state index in [1.165, 1.54) is 0 Å². The minimum absolute atomic E-state index is 0.580. The van der Waals surface area contributed by atoms with Crippen LogP contribution in [0.2, 0.25) is 0 Å². The minimum Gasteiger partial charge on any atom is -0.444 e. The van der Waals surface area contributed by atoms with E-state index in [-0.39, 0.29) is 0 Å². The Morgan fingerprint density at radius 1 is 1.33 bits per heavy atom. The van der Waals surface area contributed by atoms with Gasteiger partial charge in [-0.15, -0.1) is 0 Å². The zero-order valence-corrected chi connectivity index (χ0v) is 11.2. The molecular weight excluding hydrogens is 230 g/mol. The van der Waals surface area contributed by atoms with Gasteiger partial charge in [0.2, 0.25) is 0 Å². The van der Waals surface area contributed by atoms with E-state index in [4.69, 9.17) is 4.74 Å². The number of benzene rings is 1. The van der Waals surface area contributed by atoms with Crippen molar-refractivity contribution in [2.45, 2.75) is 39.3 Å². The molecule has 1 N–H and O–H groups in total. The summed E-state index contributed by atoms with van der Waals surface area (Å²) >= 11 is 0. The first-order chi connectivity index (χ1) is 8.33. The normalized spacial score (nSPS) is 12.7. The van der Waals surface area contributed by atoms with Crippen molar-refractivity contribution in [2.75, 3.05) is 0 Å². The fourth-order valence-corrected chi connectivity index (χ4v) is 1.56. The lowest BCUT2D eigenvalue weighted by Gasteiger charge is -2.22. The van der Waals surface area contributed by atoms with E-state index in [1.807, 2.05) is 31.2 Å². The van der Waals surface area contributed by atoms with Gasteiger partial charge in [0.25, 0.3) is 0 Å². The molecule has 0 spiro atoms. The summed E-state index contributed by atoms with van der Waals surface area (Å²) in [4.78, 5) is 22.7. The highest BCUT2D eigenvalue weighted by Crippen LogP contribution is 2.16. The first-order valence-corrected chi connectivity index (χ1v) is 5.84. The smallest absolute Gasteiger partial charge is 0.408 e. The molecule has 4 heteroatoms. The molecule has 0 aliphatic carbocycles. The van der Waals surface area contributed by atoms with Crippen molar-refractivity contribution in [1.29, 1.82) is 0 Å². The van der Waals surface area contributed by atoms with Crippen LogP contribution in [0, 0.1) is 6.92 Å². The lowest BCUT2D eigenvalue weighted by molar-refractivity contribution is -0.109. The second-order valence-electron chi connectivity index (χ2n) is 5.12. The van der Waals surface area contributed by atoms with Gasteiger partial charge in [-0.1, -0.05) is 24.3 Å². The molecule has 1 unspecified atom stereocenters. The first kappa shape index (κ1) is 14.2. The molecule has 1 rings (SSSR count). The summed E-state index contributed by atoms with van der Waals surface area (Å²) in [6.45, 7) is 7.21. The van der Waals surface area contributed by atoms with Gasteiger partial charge >= 0.3 is 6.09 Å². The lowest BCUT2D eigenvalue weighted by Crippen LogP contribution is -2.35. The molecule has 98 valence electrons. The summed E-state index contributed by atoms with van der Waals surface area (Å²) in [5, 5.41) is 2.55. The fourth-order valence-electron chi connectivity index (χ4n) is 1.56. The highest BCUT2D eigenvalue weighted by atomic mass is 16.6. The Kier molecular flexibility index (Phi) is 4.48. The molecule has 1 atom stereocenters. The number of aldehydes is 1. The highest BCUT2D eigenvalue weighted by molar-refractivity contribution is 5.75. The predicted octanol–water partition coefficient (Wildman–Crippen LogP) is 2.76. The third-order valence-electron chi connectivity index (χ3n) is 2.33. The van der Waals surface area contributed by atoms with E-state index in [0.29, 0.717) is 6.29 Å². The highest BCUT2D eigenvalue weighted by Gasteiger charge is 2.20. The largest absolute Gasteiger partial charge is 0.444 e. The van der Waals surface area contributed by atoms with Gasteiger partial charge in [0, 0.05) is 0 Å². The van der Waals surface area contributed by atoms with Crippen LogP contribution in [0.1, 0.15) is 37.9 Å². The number of nitrogens with one attached hydrogen (secondary N) is 1. The van der Waals surface area contributed by atoms with Crippen LogP contribution >= 0.6 is 0 Å². The number of rotatable bonds is 3. The molecule has 0 saturated carbocycles. The average molecular weight is 249 g/mol. The third kappa shape index (κ3) is 4.20. The number of carbonyl (C=O) groups is 2. The fraction of sp³-hybridized carbons (Fsp3) is 0.429. The number of amides is 1. The van der Waals surface area contributed by atoms with Gasteiger partial charge in [-0.3, -0.25) is 0 Å². The molecule has 0 saturated heterocycles. The standard InChI is InChI=1S/C14H19NO3/c1-10-7-5-6-8-11(10)12(9-16)15-13(17)18-14(2,3)4/h5-9,12H,1-4H3,(H,15,17). The molecule has 4 nitrogen and oxygen atoms in total. The molecule has 0 aliphatic heterocycles. The Morgan fingerprint density at radius 2 is 1.94 bits per heavy atom. The zero-order chi connectivity index (χ0) is 13.8. The van der Waals surface area contributed by atoms with Crippen LogP contribution in [0.25, 0.3) is 0 Å². The van der Waals surface area contributed by atoms with E-state index in [9.17, 15) is 9.59 Å². The first-order valence-electron chi connectivity index (χ1n) is 5.84. The van der Waals surface area contributed by atoms with Gasteiger partial charge in [0.05, 0.1) is 0 Å². The Bertz CT molecular complexity index is 435. The Balaban J connectivity index is 2.78. The number of aryl methyl sites for hydroxylation is 1. The monoisotopic (exact) mass is 249 g/mol. The molecule has 0 fully saturated rings. The van der Waals surface area contributed by atoms with Crippen molar-refractivity contribution < 1.29 is 14.3 Å². The van der Waals surface area contributed by atoms with Crippen molar-refractivity contribution in [2.24, 2.45) is 0 Å². The van der Waals surface area contributed by atoms with E-state index >= 15 is 0 Å². The Hall–Kier alpha value is -1.84. The van der Waals surface area contributed by atoms with Crippen molar-refractivity contribution in [1.82, 2.24) is 5.32 Å². The summed E-state index contributed by atoms with van der Waals surface area (Å²) < 4.78 is 5.12. The van der Waals surface area contributed by atoms with Crippen molar-refractivity contribution in [3.63, 3.8) is 0 Å². The van der Waals surface area contributed by atoms with E-state index in [2.05, 4.69) is 5.32 Å². The maximum Gasteiger partial charge on any atom is 0.408 e. The van der Waals surface area contributed by atoms with Crippen LogP contribution in [0.5, 0.6) is 0 Å². The van der Waals surface area contributed by atoms with Crippen molar-refractivity contribution in [3.8, 4) is 0 Å². The number of alkyl carbamates (subject to hydrolysis) is 1. The second kappa shape index (κ2) is 5.67. The average Bonchev–Trinajstić information content (AvgIpc) is 2.24. The third-order valence-corrected chi connectivity index (χ3v) is 2.33. The van der Waals surface area contributed by atoms with Gasteiger partial charge < -0.3 is 14.8 Å². The van der Waals surface area contributed by atoms with Gasteiger partial charge in [0.15, 0.2) is 0 Å². The van der Waals surface area contributed by atoms with Crippen LogP contribution < -0.4 is 5.32 Å². The quantitative estimate of drug-likeness (QED) is 0.838. The predicted molar refractivity (Wildman–Crippen MR) is 69.4 cm³/mol. The molecule has 0 radical (unpaired) electrons. The van der Waals surface area contributed by atoms with Crippen LogP contribution in [0.3, 0.4) is 0 Å². The number of carbonyl (C=O) groups excluding carboxylic acids is 2. The maximum atomic E-state index is 11.6. The van der Waals surface area contributed by atoms with Gasteiger partial charge in [-0.2, -0.15) is 0 Å². The molecule has 0 bridgehead atoms. The van der Waals surface area contributed by atoms with Crippen LogP contribution in [0.15, 0.2) is 24.3 Å². The van der Waals surface area contributed by atoms with Crippen LogP contribution in [-0.2, 0) is 9.53 Å². The number of ether oxygens (including phenoxy) is 1. The second-order valence-corrected chi connectivity index (χ2v) is 5.12. The van der Waals surface area contributed by atoms with E-state index < -0.39 is 17.7 Å². The Labute approximate surface area is 107 Å². The summed E-state index contributed by atoms with van der Waals surface area (Å²) in [5.74, 6) is 0. The molecule has 1 aromatic carbocycles. The number of hydrogen-bond acceptors (Lipinski definition) is 3. The van der Waals surface area contributed by atoms with Gasteiger partial charge in [-0.25, -0.2) is 4.79 Å². The van der Waals surface area contributed by atoms with Crippen LogP contribution in [-0.4, -0.2) is 18.0 Å². The Morgan fingerprint density at radius 3 is 2.44 bits per heavy atom. The zero-order valence-electron chi connectivity index (χ0n) is 11.2. The minimum atomic E-state index is -0.680. The summed E-state index contributed by atoms with van der Waals surface area (Å²) in [6.07, 6.45) is 0.106. The molecule has 0 heterocycles. The van der Waals surface area contributed by atoms with Gasteiger partial charge in [0.1, 0.15) is 17.9 Å². The molecular formula is C14H19NO3. The van der Waals surface area contributed by atoms with Gasteiger partial charge in [-0.05, 0) is 38.8 Å². The summed E-state index contributed by atoms with van der Waals surface area (Å²) in [7, 11) is 0. The summed E-state index contributed by atoms with van der Waals surface area (Å²) in [5.41, 5.74) is 1.15. The molecule has 0 aromatic heterocycles. The topological polar surface area (TPSA) is 55.4 Å². The lowest BCUT2D eigenvalue weighted by atomic mass is 10.0. The van der Waals surface area contributed by atoms with E-state index in [0.717, 1.165) is 11.1 Å². The summed E-state index contributed by atoms with van der Waals surface area (Å²) in [6, 6.07) is 6.74. The number of hydrogen-bond donors (Lipinski definition) is 1. The molecule has 18 heavy (non-hydrogen) atoms. The van der Waals surface area contributed by atoms with E-state index in [1.54, 1.807) is 20.8 Å². The molecule has 1 amide bonds. The molecule has 1 aromatic rings. The SMILES string of the molecule is Cc1ccccc1C(C=O)NC(=O)OC(C)(C)C.